The Bertz CT molecular complexity index is 320. The quantitative estimate of drug-likeness (QED) is 0.136. The molecular weight excluding hydrogens is 395 g/mol. The van der Waals surface area contributed by atoms with Crippen molar-refractivity contribution < 1.29 is 61.3 Å². The van der Waals surface area contributed by atoms with E-state index in [0.717, 1.165) is 12.8 Å². The summed E-state index contributed by atoms with van der Waals surface area (Å²) in [6.45, 7) is 2.29. The van der Waals surface area contributed by atoms with Gasteiger partial charge in [-0.3, -0.25) is 0 Å². The van der Waals surface area contributed by atoms with E-state index in [1.165, 1.54) is 141 Å². The molecule has 174 valence electrons. The first-order chi connectivity index (χ1) is 14.3. The largest absolute Gasteiger partial charge is 1.00 e. The van der Waals surface area contributed by atoms with Crippen LogP contribution in [0.1, 0.15) is 167 Å². The van der Waals surface area contributed by atoms with E-state index in [0.29, 0.717) is 0 Å². The minimum atomic E-state index is -0.899. The third-order valence-electron chi connectivity index (χ3n) is 6.23. The molecule has 0 saturated heterocycles. The third-order valence-corrected chi connectivity index (χ3v) is 6.23. The van der Waals surface area contributed by atoms with Crippen molar-refractivity contribution in [3.05, 3.63) is 0 Å². The molecule has 30 heavy (non-hydrogen) atoms. The van der Waals surface area contributed by atoms with Crippen molar-refractivity contribution in [3.63, 3.8) is 0 Å². The van der Waals surface area contributed by atoms with Crippen LogP contribution in [0.25, 0.3) is 0 Å². The Balaban J connectivity index is 0. The Morgan fingerprint density at radius 2 is 0.633 bits per heavy atom. The number of carbonyl (C=O) groups is 1. The van der Waals surface area contributed by atoms with Crippen molar-refractivity contribution >= 4 is 5.97 Å². The van der Waals surface area contributed by atoms with E-state index in [2.05, 4.69) is 6.92 Å². The first-order valence-corrected chi connectivity index (χ1v) is 13.5. The summed E-state index contributed by atoms with van der Waals surface area (Å²) in [4.78, 5) is 10.3. The molecule has 0 amide bonds. The van der Waals surface area contributed by atoms with E-state index < -0.39 is 5.97 Å². The van der Waals surface area contributed by atoms with Gasteiger partial charge in [0.15, 0.2) is 0 Å². The van der Waals surface area contributed by atoms with Crippen LogP contribution in [0, 0.1) is 0 Å². The molecule has 3 heteroatoms. The van der Waals surface area contributed by atoms with Gasteiger partial charge < -0.3 is 9.90 Å². The fraction of sp³-hybridized carbons (Fsp3) is 0.963. The minimum Gasteiger partial charge on any atom is -0.550 e. The second-order valence-electron chi connectivity index (χ2n) is 9.25. The van der Waals surface area contributed by atoms with E-state index in [-0.39, 0.29) is 57.8 Å². The topological polar surface area (TPSA) is 40.1 Å². The number of rotatable bonds is 25. The molecule has 0 N–H and O–H groups in total. The third kappa shape index (κ3) is 31.3. The molecule has 0 radical (unpaired) electrons. The summed E-state index contributed by atoms with van der Waals surface area (Å²) in [7, 11) is 0. The second-order valence-corrected chi connectivity index (χ2v) is 9.25. The minimum absolute atomic E-state index is 0. The number of hydrogen-bond donors (Lipinski definition) is 0. The number of aliphatic carboxylic acids is 1. The molecule has 0 aromatic carbocycles. The molecule has 0 aliphatic carbocycles. The fourth-order valence-electron chi connectivity index (χ4n) is 4.23. The Hall–Kier alpha value is 1.11. The molecule has 0 rings (SSSR count). The van der Waals surface area contributed by atoms with Crippen molar-refractivity contribution in [2.75, 3.05) is 0 Å². The van der Waals surface area contributed by atoms with Gasteiger partial charge in [0.1, 0.15) is 0 Å². The number of carboxylic acids is 1. The summed E-state index contributed by atoms with van der Waals surface area (Å²) in [5, 5.41) is 10.3. The molecule has 0 atom stereocenters. The molecule has 0 spiro atoms. The summed E-state index contributed by atoms with van der Waals surface area (Å²) in [5.74, 6) is -0.899. The van der Waals surface area contributed by atoms with Crippen LogP contribution < -0.4 is 56.5 Å². The zero-order valence-electron chi connectivity index (χ0n) is 21.0. The number of hydrogen-bond acceptors (Lipinski definition) is 2. The summed E-state index contributed by atoms with van der Waals surface area (Å²) >= 11 is 0. The van der Waals surface area contributed by atoms with Gasteiger partial charge in [-0.05, 0) is 12.8 Å². The summed E-state index contributed by atoms with van der Waals surface area (Å²) in [6.07, 6.45) is 33.2. The maximum Gasteiger partial charge on any atom is 1.00 e. The van der Waals surface area contributed by atoms with Crippen LogP contribution in [0.15, 0.2) is 0 Å². The fourth-order valence-corrected chi connectivity index (χ4v) is 4.23. The maximum absolute atomic E-state index is 10.3. The van der Waals surface area contributed by atoms with Gasteiger partial charge in [0.05, 0.1) is 0 Å². The normalized spacial score (nSPS) is 10.8. The Labute approximate surface area is 232 Å². The average molecular weight is 449 g/mol. The van der Waals surface area contributed by atoms with Crippen LogP contribution in [0.5, 0.6) is 0 Å². The van der Waals surface area contributed by atoms with Crippen LogP contribution >= 0.6 is 0 Å². The Morgan fingerprint density at radius 1 is 0.433 bits per heavy atom. The molecule has 0 aromatic rings. The zero-order chi connectivity index (χ0) is 21.3. The summed E-state index contributed by atoms with van der Waals surface area (Å²) in [5.41, 5.74) is 0. The molecular formula is C27H53KO2. The van der Waals surface area contributed by atoms with Crippen molar-refractivity contribution in [1.29, 1.82) is 0 Å². The zero-order valence-corrected chi connectivity index (χ0v) is 24.1. The molecule has 2 nitrogen and oxygen atoms in total. The first-order valence-electron chi connectivity index (χ1n) is 13.5. The number of unbranched alkanes of at least 4 members (excludes halogenated alkanes) is 23. The molecule has 0 aliphatic rings. The predicted molar refractivity (Wildman–Crippen MR) is 126 cm³/mol. The Morgan fingerprint density at radius 3 is 0.833 bits per heavy atom. The molecule has 0 bridgehead atoms. The number of carboxylic acid groups (broad SMARTS) is 1. The van der Waals surface area contributed by atoms with Gasteiger partial charge in [-0.25, -0.2) is 0 Å². The summed E-state index contributed by atoms with van der Waals surface area (Å²) < 4.78 is 0. The molecule has 0 aliphatic heterocycles. The van der Waals surface area contributed by atoms with E-state index in [4.69, 9.17) is 0 Å². The van der Waals surface area contributed by atoms with Gasteiger partial charge in [0, 0.05) is 5.97 Å². The van der Waals surface area contributed by atoms with Crippen LogP contribution in [-0.2, 0) is 4.79 Å². The van der Waals surface area contributed by atoms with Gasteiger partial charge in [-0.15, -0.1) is 0 Å². The Kier molecular flexibility index (Phi) is 33.4. The van der Waals surface area contributed by atoms with Crippen molar-refractivity contribution in [2.24, 2.45) is 0 Å². The van der Waals surface area contributed by atoms with Gasteiger partial charge in [-0.1, -0.05) is 155 Å². The van der Waals surface area contributed by atoms with Crippen LogP contribution in [0.4, 0.5) is 0 Å². The predicted octanol–water partition coefficient (Wildman–Crippen LogP) is 5.51. The molecule has 0 saturated carbocycles. The second kappa shape index (κ2) is 30.1. The first kappa shape index (κ1) is 33.3. The van der Waals surface area contributed by atoms with Gasteiger partial charge in [0.25, 0.3) is 0 Å². The molecule has 0 unspecified atom stereocenters. The SMILES string of the molecule is CCCCCCCCCCCCCCCCCCCCCCCCCCC(=O)[O-].[K+]. The smallest absolute Gasteiger partial charge is 0.550 e. The van der Waals surface area contributed by atoms with Gasteiger partial charge in [0.2, 0.25) is 0 Å². The summed E-state index contributed by atoms with van der Waals surface area (Å²) in [6, 6.07) is 0. The standard InChI is InChI=1S/C27H54O2.K/c1-2-3-4-5-6-7-8-9-10-11-12-13-14-15-16-17-18-19-20-21-22-23-24-25-26-27(28)29;/h2-26H2,1H3,(H,28,29);/q;+1/p-1. The van der Waals surface area contributed by atoms with Crippen LogP contribution in [-0.4, -0.2) is 5.97 Å². The maximum atomic E-state index is 10.3. The van der Waals surface area contributed by atoms with E-state index in [1.54, 1.807) is 0 Å². The number of carbonyl (C=O) groups excluding carboxylic acids is 1. The van der Waals surface area contributed by atoms with E-state index in [9.17, 15) is 9.90 Å². The van der Waals surface area contributed by atoms with E-state index >= 15 is 0 Å². The molecule has 0 fully saturated rings. The van der Waals surface area contributed by atoms with Crippen molar-refractivity contribution in [3.8, 4) is 0 Å². The van der Waals surface area contributed by atoms with Crippen LogP contribution in [0.2, 0.25) is 0 Å². The average Bonchev–Trinajstić information content (AvgIpc) is 2.71. The van der Waals surface area contributed by atoms with Gasteiger partial charge in [-0.2, -0.15) is 0 Å². The van der Waals surface area contributed by atoms with Crippen molar-refractivity contribution in [1.82, 2.24) is 0 Å². The van der Waals surface area contributed by atoms with E-state index in [1.807, 2.05) is 0 Å². The van der Waals surface area contributed by atoms with Gasteiger partial charge >= 0.3 is 51.4 Å². The monoisotopic (exact) mass is 448 g/mol. The molecule has 0 aromatic heterocycles. The van der Waals surface area contributed by atoms with Crippen molar-refractivity contribution in [2.45, 2.75) is 167 Å². The molecule has 0 heterocycles. The van der Waals surface area contributed by atoms with Crippen LogP contribution in [0.3, 0.4) is 0 Å².